The Labute approximate surface area is 142 Å². The van der Waals surface area contributed by atoms with Crippen molar-refractivity contribution in [2.24, 2.45) is 5.14 Å². The van der Waals surface area contributed by atoms with E-state index in [1.807, 2.05) is 44.1 Å². The van der Waals surface area contributed by atoms with Gasteiger partial charge in [0.15, 0.2) is 0 Å². The highest BCUT2D eigenvalue weighted by atomic mass is 32.2. The van der Waals surface area contributed by atoms with Gasteiger partial charge >= 0.3 is 0 Å². The normalized spacial score (nSPS) is 12.5. The average molecular weight is 347 g/mol. The highest BCUT2D eigenvalue weighted by Gasteiger charge is 2.13. The van der Waals surface area contributed by atoms with E-state index in [9.17, 15) is 13.2 Å². The van der Waals surface area contributed by atoms with Crippen LogP contribution in [-0.2, 0) is 10.0 Å². The molecule has 1 amide bonds. The molecule has 128 valence electrons. The first-order chi connectivity index (χ1) is 11.2. The summed E-state index contributed by atoms with van der Waals surface area (Å²) >= 11 is 0. The number of primary sulfonamides is 1. The summed E-state index contributed by atoms with van der Waals surface area (Å²) in [7, 11) is 0.103. The van der Waals surface area contributed by atoms with E-state index in [4.69, 9.17) is 5.14 Å². The van der Waals surface area contributed by atoms with Crippen LogP contribution in [0, 0.1) is 0 Å². The molecule has 24 heavy (non-hydrogen) atoms. The Hall–Kier alpha value is -2.38. The molecule has 1 atom stereocenters. The van der Waals surface area contributed by atoms with E-state index in [0.29, 0.717) is 5.56 Å². The van der Waals surface area contributed by atoms with Gasteiger partial charge in [-0.15, -0.1) is 0 Å². The molecule has 2 rings (SSSR count). The van der Waals surface area contributed by atoms with Crippen LogP contribution in [0.4, 0.5) is 5.69 Å². The lowest BCUT2D eigenvalue weighted by molar-refractivity contribution is 0.0940. The highest BCUT2D eigenvalue weighted by molar-refractivity contribution is 7.89. The molecule has 0 aliphatic carbocycles. The van der Waals surface area contributed by atoms with Crippen molar-refractivity contribution >= 4 is 21.6 Å². The number of nitrogens with two attached hydrogens (primary N) is 1. The van der Waals surface area contributed by atoms with Gasteiger partial charge in [0.05, 0.1) is 10.9 Å². The van der Waals surface area contributed by atoms with Crippen molar-refractivity contribution in [3.8, 4) is 0 Å². The number of carbonyl (C=O) groups excluding carboxylic acids is 1. The van der Waals surface area contributed by atoms with Crippen molar-refractivity contribution < 1.29 is 13.2 Å². The maximum Gasteiger partial charge on any atom is 0.251 e. The molecule has 2 aromatic carbocycles. The zero-order valence-corrected chi connectivity index (χ0v) is 14.7. The lowest BCUT2D eigenvalue weighted by atomic mass is 10.1. The molecule has 6 nitrogen and oxygen atoms in total. The third-order valence-electron chi connectivity index (χ3n) is 3.68. The third kappa shape index (κ3) is 4.33. The van der Waals surface area contributed by atoms with Gasteiger partial charge in [-0.05, 0) is 42.8 Å². The van der Waals surface area contributed by atoms with Crippen molar-refractivity contribution in [1.29, 1.82) is 0 Å². The van der Waals surface area contributed by atoms with E-state index >= 15 is 0 Å². The summed E-state index contributed by atoms with van der Waals surface area (Å²) in [5.74, 6) is -0.193. The second-order valence-corrected chi connectivity index (χ2v) is 7.32. The molecule has 0 aromatic heterocycles. The molecular weight excluding hydrogens is 326 g/mol. The molecule has 0 saturated carbocycles. The van der Waals surface area contributed by atoms with Crippen molar-refractivity contribution in [2.75, 3.05) is 19.0 Å². The van der Waals surface area contributed by atoms with Gasteiger partial charge in [-0.1, -0.05) is 18.2 Å². The van der Waals surface area contributed by atoms with Crippen LogP contribution < -0.4 is 15.4 Å². The van der Waals surface area contributed by atoms with Gasteiger partial charge in [-0.2, -0.15) is 0 Å². The zero-order valence-electron chi connectivity index (χ0n) is 13.9. The van der Waals surface area contributed by atoms with Crippen LogP contribution in [0.2, 0.25) is 0 Å². The van der Waals surface area contributed by atoms with Gasteiger partial charge in [0.1, 0.15) is 0 Å². The second-order valence-electron chi connectivity index (χ2n) is 5.75. The summed E-state index contributed by atoms with van der Waals surface area (Å²) in [6.45, 7) is 1.83. The summed E-state index contributed by atoms with van der Waals surface area (Å²) in [6, 6.07) is 13.2. The molecule has 3 N–H and O–H groups in total. The summed E-state index contributed by atoms with van der Waals surface area (Å²) in [4.78, 5) is 14.4. The van der Waals surface area contributed by atoms with Crippen molar-refractivity contribution in [1.82, 2.24) is 5.32 Å². The molecule has 0 saturated heterocycles. The molecule has 0 fully saturated rings. The van der Waals surface area contributed by atoms with E-state index in [2.05, 4.69) is 5.32 Å². The molecule has 0 bridgehead atoms. The predicted molar refractivity (Wildman–Crippen MR) is 94.5 cm³/mol. The summed E-state index contributed by atoms with van der Waals surface area (Å²) < 4.78 is 22.5. The van der Waals surface area contributed by atoms with Crippen LogP contribution in [0.15, 0.2) is 53.4 Å². The van der Waals surface area contributed by atoms with E-state index in [0.717, 1.165) is 11.3 Å². The molecule has 7 heteroatoms. The molecule has 1 unspecified atom stereocenters. The average Bonchev–Trinajstić information content (AvgIpc) is 2.54. The van der Waals surface area contributed by atoms with E-state index < -0.39 is 10.0 Å². The number of hydrogen-bond acceptors (Lipinski definition) is 4. The number of benzene rings is 2. The van der Waals surface area contributed by atoms with Crippen LogP contribution in [0.1, 0.15) is 28.9 Å². The molecular formula is C17H21N3O3S. The molecule has 0 spiro atoms. The largest absolute Gasteiger partial charge is 0.378 e. The fraction of sp³-hybridized carbons (Fsp3) is 0.235. The van der Waals surface area contributed by atoms with Gasteiger partial charge in [0.2, 0.25) is 10.0 Å². The zero-order chi connectivity index (χ0) is 17.9. The molecule has 0 aliphatic rings. The maximum atomic E-state index is 12.4. The van der Waals surface area contributed by atoms with E-state index in [1.165, 1.54) is 12.1 Å². The van der Waals surface area contributed by atoms with Gasteiger partial charge < -0.3 is 10.2 Å². The molecule has 0 radical (unpaired) electrons. The first-order valence-electron chi connectivity index (χ1n) is 7.39. The van der Waals surface area contributed by atoms with Crippen LogP contribution in [0.3, 0.4) is 0 Å². The number of rotatable bonds is 5. The number of nitrogens with zero attached hydrogens (tertiary/aromatic N) is 1. The number of anilines is 1. The van der Waals surface area contributed by atoms with E-state index in [1.54, 1.807) is 18.2 Å². The molecule has 2 aromatic rings. The molecule has 0 heterocycles. The Balaban J connectivity index is 2.13. The predicted octanol–water partition coefficient (Wildman–Crippen LogP) is 1.89. The van der Waals surface area contributed by atoms with Gasteiger partial charge in [0.25, 0.3) is 5.91 Å². The lowest BCUT2D eigenvalue weighted by Crippen LogP contribution is -2.27. The van der Waals surface area contributed by atoms with Crippen LogP contribution >= 0.6 is 0 Å². The minimum absolute atomic E-state index is 0.0449. The first kappa shape index (κ1) is 18.0. The monoisotopic (exact) mass is 347 g/mol. The fourth-order valence-electron chi connectivity index (χ4n) is 2.23. The Bertz CT molecular complexity index is 830. The van der Waals surface area contributed by atoms with Crippen molar-refractivity contribution in [2.45, 2.75) is 17.9 Å². The first-order valence-corrected chi connectivity index (χ1v) is 8.94. The van der Waals surface area contributed by atoms with Crippen LogP contribution in [0.5, 0.6) is 0 Å². The van der Waals surface area contributed by atoms with Crippen molar-refractivity contribution in [3.05, 3.63) is 59.7 Å². The van der Waals surface area contributed by atoms with E-state index in [-0.39, 0.29) is 16.8 Å². The maximum absolute atomic E-state index is 12.4. The Morgan fingerprint density at radius 2 is 1.75 bits per heavy atom. The third-order valence-corrected chi connectivity index (χ3v) is 4.61. The van der Waals surface area contributed by atoms with Crippen LogP contribution in [-0.4, -0.2) is 28.4 Å². The van der Waals surface area contributed by atoms with Gasteiger partial charge in [-0.3, -0.25) is 4.79 Å². The summed E-state index contributed by atoms with van der Waals surface area (Å²) in [5.41, 5.74) is 2.29. The van der Waals surface area contributed by atoms with Gasteiger partial charge in [0, 0.05) is 25.3 Å². The highest BCUT2D eigenvalue weighted by Crippen LogP contribution is 2.18. The smallest absolute Gasteiger partial charge is 0.251 e. The minimum Gasteiger partial charge on any atom is -0.378 e. The fourth-order valence-corrected chi connectivity index (χ4v) is 2.75. The van der Waals surface area contributed by atoms with Crippen LogP contribution in [0.25, 0.3) is 0 Å². The number of carbonyl (C=O) groups is 1. The Morgan fingerprint density at radius 1 is 1.12 bits per heavy atom. The quantitative estimate of drug-likeness (QED) is 0.864. The SMILES string of the molecule is CC(NC(=O)c1cccc(N(C)C)c1)c1ccc(S(N)(=O)=O)cc1. The van der Waals surface area contributed by atoms with Gasteiger partial charge in [-0.25, -0.2) is 13.6 Å². The number of nitrogens with one attached hydrogen (secondary N) is 1. The Morgan fingerprint density at radius 3 is 2.29 bits per heavy atom. The standard InChI is InChI=1S/C17H21N3O3S/c1-12(13-7-9-16(10-8-13)24(18,22)23)19-17(21)14-5-4-6-15(11-14)20(2)3/h4-12H,1-3H3,(H,19,21)(H2,18,22,23). The number of amides is 1. The summed E-state index contributed by atoms with van der Waals surface area (Å²) in [6.07, 6.45) is 0. The topological polar surface area (TPSA) is 92.5 Å². The molecule has 0 aliphatic heterocycles. The van der Waals surface area contributed by atoms with Crippen molar-refractivity contribution in [3.63, 3.8) is 0 Å². The Kier molecular flexibility index (Phi) is 5.26. The lowest BCUT2D eigenvalue weighted by Gasteiger charge is -2.16. The number of hydrogen-bond donors (Lipinski definition) is 2. The summed E-state index contributed by atoms with van der Waals surface area (Å²) in [5, 5.41) is 7.98. The number of sulfonamides is 1. The minimum atomic E-state index is -3.72. The second kappa shape index (κ2) is 7.02.